The normalized spacial score (nSPS) is 13.2. The first kappa shape index (κ1) is 14.6. The number of hydrogen-bond donors (Lipinski definition) is 0. The van der Waals surface area contributed by atoms with E-state index in [4.69, 9.17) is 11.6 Å². The van der Waals surface area contributed by atoms with Gasteiger partial charge in [0, 0.05) is 16.8 Å². The molecular formula is C15H19ClN4S. The first-order valence-corrected chi connectivity index (χ1v) is 8.32. The van der Waals surface area contributed by atoms with Gasteiger partial charge in [0.2, 0.25) is 0 Å². The van der Waals surface area contributed by atoms with Gasteiger partial charge in [0.05, 0.1) is 17.6 Å². The lowest BCUT2D eigenvalue weighted by atomic mass is 10.1. The van der Waals surface area contributed by atoms with E-state index in [0.717, 1.165) is 22.7 Å². The lowest BCUT2D eigenvalue weighted by Crippen LogP contribution is -2.12. The molecule has 1 atom stereocenters. The molecule has 0 aliphatic heterocycles. The second-order valence-electron chi connectivity index (χ2n) is 5.46. The zero-order valence-corrected chi connectivity index (χ0v) is 14.5. The van der Waals surface area contributed by atoms with Crippen LogP contribution in [0, 0.1) is 20.8 Å². The third-order valence-electron chi connectivity index (χ3n) is 3.94. The minimum atomic E-state index is 0.198. The van der Waals surface area contributed by atoms with Crippen molar-refractivity contribution in [2.45, 2.75) is 39.6 Å². The van der Waals surface area contributed by atoms with Gasteiger partial charge in [0.25, 0.3) is 0 Å². The van der Waals surface area contributed by atoms with Crippen LogP contribution in [0.15, 0.2) is 6.07 Å². The number of thiophene rings is 1. The number of nitrogens with zero attached hydrogens (tertiary/aromatic N) is 4. The number of alkyl halides is 1. The van der Waals surface area contributed by atoms with Crippen LogP contribution in [-0.4, -0.2) is 19.3 Å². The van der Waals surface area contributed by atoms with Crippen molar-refractivity contribution >= 4 is 34.1 Å². The Morgan fingerprint density at radius 3 is 2.62 bits per heavy atom. The average Bonchev–Trinajstić information content (AvgIpc) is 3.04. The van der Waals surface area contributed by atoms with E-state index in [-0.39, 0.29) is 6.04 Å². The molecule has 3 aromatic heterocycles. The zero-order chi connectivity index (χ0) is 15.3. The maximum atomic E-state index is 6.13. The van der Waals surface area contributed by atoms with Crippen LogP contribution in [0.2, 0.25) is 0 Å². The smallest absolute Gasteiger partial charge is 0.159 e. The molecule has 4 nitrogen and oxygen atoms in total. The minimum absolute atomic E-state index is 0.198. The molecule has 0 radical (unpaired) electrons. The van der Waals surface area contributed by atoms with Crippen molar-refractivity contribution in [3.8, 4) is 0 Å². The molecule has 3 aromatic rings. The summed E-state index contributed by atoms with van der Waals surface area (Å²) in [6.07, 6.45) is 0. The standard InChI is InChI=1S/C15H19ClN4S/c1-8-6-12(11(4)21-8)10(3)20-13(7-16)17-14-9(2)18-19(5)15(14)20/h6,10H,7H2,1-5H3. The van der Waals surface area contributed by atoms with Gasteiger partial charge in [-0.25, -0.2) is 4.98 Å². The molecule has 0 fully saturated rings. The van der Waals surface area contributed by atoms with E-state index >= 15 is 0 Å². The number of aryl methyl sites for hydroxylation is 4. The monoisotopic (exact) mass is 322 g/mol. The maximum Gasteiger partial charge on any atom is 0.159 e. The van der Waals surface area contributed by atoms with E-state index in [1.54, 1.807) is 0 Å². The van der Waals surface area contributed by atoms with Crippen molar-refractivity contribution in [3.63, 3.8) is 0 Å². The summed E-state index contributed by atoms with van der Waals surface area (Å²) in [6.45, 7) is 8.51. The minimum Gasteiger partial charge on any atom is -0.304 e. The Hall–Kier alpha value is -1.33. The van der Waals surface area contributed by atoms with E-state index in [0.29, 0.717) is 5.88 Å². The molecule has 0 saturated carbocycles. The highest BCUT2D eigenvalue weighted by Crippen LogP contribution is 2.32. The Morgan fingerprint density at radius 1 is 1.33 bits per heavy atom. The van der Waals surface area contributed by atoms with Crippen LogP contribution < -0.4 is 0 Å². The van der Waals surface area contributed by atoms with Crippen molar-refractivity contribution in [2.75, 3.05) is 0 Å². The summed E-state index contributed by atoms with van der Waals surface area (Å²) in [6, 6.07) is 2.46. The van der Waals surface area contributed by atoms with Gasteiger partial charge in [0.15, 0.2) is 5.65 Å². The van der Waals surface area contributed by atoms with Gasteiger partial charge in [0.1, 0.15) is 11.3 Å². The Balaban J connectivity index is 2.25. The fourth-order valence-electron chi connectivity index (χ4n) is 3.05. The van der Waals surface area contributed by atoms with Crippen molar-refractivity contribution < 1.29 is 0 Å². The Bertz CT molecular complexity index is 811. The van der Waals surface area contributed by atoms with Crippen LogP contribution >= 0.6 is 22.9 Å². The largest absolute Gasteiger partial charge is 0.304 e. The third-order valence-corrected chi connectivity index (χ3v) is 5.17. The van der Waals surface area contributed by atoms with Gasteiger partial charge < -0.3 is 4.57 Å². The van der Waals surface area contributed by atoms with Crippen molar-refractivity contribution in [1.82, 2.24) is 19.3 Å². The predicted octanol–water partition coefficient (Wildman–Crippen LogP) is 4.10. The SMILES string of the molecule is Cc1cc(C(C)n2c(CCl)nc3c(C)nn(C)c32)c(C)s1. The third kappa shape index (κ3) is 2.19. The Morgan fingerprint density at radius 2 is 2.05 bits per heavy atom. The lowest BCUT2D eigenvalue weighted by Gasteiger charge is -2.17. The van der Waals surface area contributed by atoms with Crippen LogP contribution in [0.1, 0.15) is 39.8 Å². The number of fused-ring (bicyclic) bond motifs is 1. The summed E-state index contributed by atoms with van der Waals surface area (Å²) in [7, 11) is 1.96. The summed E-state index contributed by atoms with van der Waals surface area (Å²) in [5.41, 5.74) is 4.27. The Kier molecular flexibility index (Phi) is 3.58. The Labute approximate surface area is 133 Å². The van der Waals surface area contributed by atoms with Crippen molar-refractivity contribution in [3.05, 3.63) is 32.9 Å². The second kappa shape index (κ2) is 5.14. The fraction of sp³-hybridized carbons (Fsp3) is 0.467. The van der Waals surface area contributed by atoms with Gasteiger partial charge in [-0.05, 0) is 39.3 Å². The van der Waals surface area contributed by atoms with Gasteiger partial charge in [-0.2, -0.15) is 5.10 Å². The number of halogens is 1. The highest BCUT2D eigenvalue weighted by molar-refractivity contribution is 7.12. The predicted molar refractivity (Wildman–Crippen MR) is 88.4 cm³/mol. The van der Waals surface area contributed by atoms with Crippen LogP contribution in [-0.2, 0) is 12.9 Å². The van der Waals surface area contributed by atoms with E-state index in [1.165, 1.54) is 15.3 Å². The summed E-state index contributed by atoms with van der Waals surface area (Å²) in [5, 5.41) is 4.48. The number of hydrogen-bond acceptors (Lipinski definition) is 3. The highest BCUT2D eigenvalue weighted by Gasteiger charge is 2.23. The van der Waals surface area contributed by atoms with Crippen LogP contribution in [0.4, 0.5) is 0 Å². The van der Waals surface area contributed by atoms with Crippen LogP contribution in [0.5, 0.6) is 0 Å². The molecule has 112 valence electrons. The molecular weight excluding hydrogens is 304 g/mol. The second-order valence-corrected chi connectivity index (χ2v) is 7.19. The molecule has 0 N–H and O–H groups in total. The molecule has 0 saturated heterocycles. The molecule has 0 amide bonds. The van der Waals surface area contributed by atoms with Gasteiger partial charge in [-0.3, -0.25) is 4.68 Å². The van der Waals surface area contributed by atoms with Crippen molar-refractivity contribution in [2.24, 2.45) is 7.05 Å². The molecule has 0 aliphatic carbocycles. The first-order chi connectivity index (χ1) is 9.93. The summed E-state index contributed by atoms with van der Waals surface area (Å²) >= 11 is 7.97. The molecule has 0 aromatic carbocycles. The molecule has 0 spiro atoms. The van der Waals surface area contributed by atoms with Gasteiger partial charge in [-0.1, -0.05) is 0 Å². The first-order valence-electron chi connectivity index (χ1n) is 6.97. The topological polar surface area (TPSA) is 35.6 Å². The summed E-state index contributed by atoms with van der Waals surface area (Å²) in [4.78, 5) is 7.37. The number of aromatic nitrogens is 4. The lowest BCUT2D eigenvalue weighted by molar-refractivity contribution is 0.607. The molecule has 0 aliphatic rings. The van der Waals surface area contributed by atoms with E-state index in [2.05, 4.69) is 41.5 Å². The number of rotatable bonds is 3. The van der Waals surface area contributed by atoms with E-state index < -0.39 is 0 Å². The zero-order valence-electron chi connectivity index (χ0n) is 12.9. The van der Waals surface area contributed by atoms with Crippen molar-refractivity contribution in [1.29, 1.82) is 0 Å². The average molecular weight is 323 g/mol. The molecule has 21 heavy (non-hydrogen) atoms. The van der Waals surface area contributed by atoms with Gasteiger partial charge in [-0.15, -0.1) is 22.9 Å². The number of imidazole rings is 1. The molecule has 6 heteroatoms. The fourth-order valence-corrected chi connectivity index (χ4v) is 4.25. The molecule has 1 unspecified atom stereocenters. The summed E-state index contributed by atoms with van der Waals surface area (Å²) in [5.74, 6) is 1.30. The van der Waals surface area contributed by atoms with Crippen LogP contribution in [0.25, 0.3) is 11.2 Å². The van der Waals surface area contributed by atoms with Gasteiger partial charge >= 0.3 is 0 Å². The summed E-state index contributed by atoms with van der Waals surface area (Å²) < 4.78 is 4.12. The van der Waals surface area contributed by atoms with Crippen LogP contribution in [0.3, 0.4) is 0 Å². The maximum absolute atomic E-state index is 6.13. The van der Waals surface area contributed by atoms with E-state index in [9.17, 15) is 0 Å². The highest BCUT2D eigenvalue weighted by atomic mass is 35.5. The molecule has 3 heterocycles. The molecule has 0 bridgehead atoms. The quantitative estimate of drug-likeness (QED) is 0.680. The molecule has 3 rings (SSSR count). The van der Waals surface area contributed by atoms with E-state index in [1.807, 2.05) is 30.0 Å².